The van der Waals surface area contributed by atoms with E-state index in [2.05, 4.69) is 56.6 Å². The number of halogens is 2. The highest BCUT2D eigenvalue weighted by molar-refractivity contribution is 14.0. The van der Waals surface area contributed by atoms with Gasteiger partial charge >= 0.3 is 0 Å². The smallest absolute Gasteiger partial charge is 0.191 e. The van der Waals surface area contributed by atoms with Gasteiger partial charge in [0.15, 0.2) is 5.96 Å². The fraction of sp³-hybridized carbons (Fsp3) is 0.545. The van der Waals surface area contributed by atoms with E-state index in [0.717, 1.165) is 49.0 Å². The molecule has 9 heteroatoms. The van der Waals surface area contributed by atoms with Crippen molar-refractivity contribution in [2.45, 2.75) is 39.8 Å². The topological polar surface area (TPSA) is 55.8 Å². The summed E-state index contributed by atoms with van der Waals surface area (Å²) in [6.07, 6.45) is 0. The molecule has 1 aliphatic rings. The minimum absolute atomic E-state index is 0. The lowest BCUT2D eigenvalue weighted by molar-refractivity contribution is 0.270. The van der Waals surface area contributed by atoms with Gasteiger partial charge < -0.3 is 20.4 Å². The highest BCUT2D eigenvalue weighted by Crippen LogP contribution is 2.22. The maximum atomic E-state index is 14.7. The molecule has 1 aromatic heterocycles. The monoisotopic (exact) mass is 560 g/mol. The first kappa shape index (κ1) is 25.8. The van der Waals surface area contributed by atoms with Crippen molar-refractivity contribution in [2.75, 3.05) is 44.7 Å². The Kier molecular flexibility index (Phi) is 10.4. The summed E-state index contributed by atoms with van der Waals surface area (Å²) in [5.74, 6) is 0.948. The molecule has 0 amide bonds. The van der Waals surface area contributed by atoms with Crippen LogP contribution in [0.1, 0.15) is 43.0 Å². The molecule has 1 fully saturated rings. The van der Waals surface area contributed by atoms with Crippen molar-refractivity contribution in [3.8, 4) is 0 Å². The Bertz CT molecular complexity index is 848. The van der Waals surface area contributed by atoms with Crippen molar-refractivity contribution in [1.82, 2.24) is 20.5 Å². The molecule has 0 radical (unpaired) electrons. The van der Waals surface area contributed by atoms with E-state index >= 15 is 0 Å². The van der Waals surface area contributed by atoms with Crippen molar-refractivity contribution in [3.05, 3.63) is 45.7 Å². The minimum Gasteiger partial charge on any atom is -0.367 e. The van der Waals surface area contributed by atoms with Gasteiger partial charge in [-0.3, -0.25) is 4.99 Å². The lowest BCUT2D eigenvalue weighted by atomic mass is 10.1. The first-order valence-electron chi connectivity index (χ1n) is 10.6. The number of anilines is 1. The highest BCUT2D eigenvalue weighted by atomic mass is 127. The van der Waals surface area contributed by atoms with Crippen LogP contribution in [-0.4, -0.2) is 55.6 Å². The van der Waals surface area contributed by atoms with Crippen LogP contribution >= 0.6 is 35.3 Å². The van der Waals surface area contributed by atoms with Gasteiger partial charge in [-0.15, -0.1) is 35.3 Å². The van der Waals surface area contributed by atoms with E-state index in [1.807, 2.05) is 12.1 Å². The summed E-state index contributed by atoms with van der Waals surface area (Å²) in [7, 11) is 1.73. The zero-order valence-corrected chi connectivity index (χ0v) is 22.0. The second-order valence-electron chi connectivity index (χ2n) is 7.81. The van der Waals surface area contributed by atoms with E-state index in [9.17, 15) is 4.39 Å². The Morgan fingerprint density at radius 3 is 2.48 bits per heavy atom. The van der Waals surface area contributed by atoms with Gasteiger partial charge in [0, 0.05) is 45.2 Å². The lowest BCUT2D eigenvalue weighted by Crippen LogP contribution is -2.46. The zero-order chi connectivity index (χ0) is 21.5. The van der Waals surface area contributed by atoms with Crippen molar-refractivity contribution in [2.24, 2.45) is 4.99 Å². The summed E-state index contributed by atoms with van der Waals surface area (Å²) in [6, 6.07) is 5.51. The quantitative estimate of drug-likeness (QED) is 0.305. The normalized spacial score (nSPS) is 15.2. The number of aliphatic imine (C=N–C) groups is 1. The van der Waals surface area contributed by atoms with Crippen LogP contribution in [-0.2, 0) is 13.1 Å². The molecule has 31 heavy (non-hydrogen) atoms. The number of aromatic nitrogens is 1. The molecule has 1 aromatic carbocycles. The Hall–Kier alpha value is -1.46. The molecule has 0 spiro atoms. The lowest BCUT2D eigenvalue weighted by Gasteiger charge is -2.35. The van der Waals surface area contributed by atoms with Crippen molar-refractivity contribution in [1.29, 1.82) is 0 Å². The van der Waals surface area contributed by atoms with Gasteiger partial charge in [0.1, 0.15) is 10.8 Å². The number of likely N-dealkylation sites (N-methyl/N-ethyl adjacent to an activating group) is 1. The van der Waals surface area contributed by atoms with Gasteiger partial charge in [-0.2, -0.15) is 0 Å². The van der Waals surface area contributed by atoms with E-state index in [4.69, 9.17) is 0 Å². The molecular formula is C22H34FIN6S. The molecule has 0 unspecified atom stereocenters. The van der Waals surface area contributed by atoms with Crippen LogP contribution in [0, 0.1) is 5.82 Å². The predicted octanol–water partition coefficient (Wildman–Crippen LogP) is 4.03. The van der Waals surface area contributed by atoms with Crippen LogP contribution in [0.15, 0.2) is 28.6 Å². The number of hydrogen-bond acceptors (Lipinski definition) is 5. The van der Waals surface area contributed by atoms with E-state index in [-0.39, 0.29) is 29.8 Å². The number of thiazole rings is 1. The molecule has 0 saturated carbocycles. The Morgan fingerprint density at radius 1 is 1.19 bits per heavy atom. The molecule has 2 N–H and O–H groups in total. The zero-order valence-electron chi connectivity index (χ0n) is 18.8. The van der Waals surface area contributed by atoms with Gasteiger partial charge in [-0.1, -0.05) is 26.8 Å². The summed E-state index contributed by atoms with van der Waals surface area (Å²) in [4.78, 5) is 13.4. The second kappa shape index (κ2) is 12.5. The third-order valence-corrected chi connectivity index (χ3v) is 6.29. The average Bonchev–Trinajstić information content (AvgIpc) is 3.23. The number of benzene rings is 1. The number of guanidine groups is 1. The number of nitrogens with zero attached hydrogens (tertiary/aromatic N) is 4. The van der Waals surface area contributed by atoms with Gasteiger partial charge in [-0.25, -0.2) is 9.37 Å². The number of piperazine rings is 1. The van der Waals surface area contributed by atoms with E-state index in [1.165, 1.54) is 0 Å². The van der Waals surface area contributed by atoms with Crippen LogP contribution in [0.4, 0.5) is 10.1 Å². The first-order chi connectivity index (χ1) is 14.5. The molecular weight excluding hydrogens is 526 g/mol. The third kappa shape index (κ3) is 7.28. The molecule has 0 bridgehead atoms. The summed E-state index contributed by atoms with van der Waals surface area (Å²) in [5, 5.41) is 9.66. The summed E-state index contributed by atoms with van der Waals surface area (Å²) >= 11 is 1.65. The molecule has 6 nitrogen and oxygen atoms in total. The number of nitrogens with one attached hydrogen (secondary N) is 2. The molecule has 172 valence electrons. The minimum atomic E-state index is -0.161. The second-order valence-corrected chi connectivity index (χ2v) is 8.75. The summed E-state index contributed by atoms with van der Waals surface area (Å²) in [6.45, 7) is 12.3. The largest absolute Gasteiger partial charge is 0.367 e. The van der Waals surface area contributed by atoms with Crippen LogP contribution in [0.5, 0.6) is 0 Å². The third-order valence-electron chi connectivity index (χ3n) is 5.42. The molecule has 1 saturated heterocycles. The van der Waals surface area contributed by atoms with Gasteiger partial charge in [-0.05, 0) is 30.2 Å². The first-order valence-corrected chi connectivity index (χ1v) is 11.5. The SMILES string of the molecule is CCN1CCN(c2ccc(CNC(=NC)NCc3nc(C(C)C)cs3)cc2F)CC1.I. The molecule has 3 rings (SSSR count). The van der Waals surface area contributed by atoms with Crippen LogP contribution < -0.4 is 15.5 Å². The van der Waals surface area contributed by atoms with Gasteiger partial charge in [0.2, 0.25) is 0 Å². The van der Waals surface area contributed by atoms with Gasteiger partial charge in [0.25, 0.3) is 0 Å². The van der Waals surface area contributed by atoms with E-state index in [0.29, 0.717) is 30.7 Å². The van der Waals surface area contributed by atoms with Crippen molar-refractivity contribution < 1.29 is 4.39 Å². The standard InChI is InChI=1S/C22H33FN6S.HI/c1-5-28-8-10-29(11-9-28)20-7-6-17(12-18(20)23)13-25-22(24-4)26-14-21-27-19(15-30-21)16(2)3;/h6-7,12,15-16H,5,8-11,13-14H2,1-4H3,(H2,24,25,26);1H. The van der Waals surface area contributed by atoms with Crippen molar-refractivity contribution >= 4 is 47.0 Å². The molecule has 2 heterocycles. The maximum absolute atomic E-state index is 14.7. The van der Waals surface area contributed by atoms with Crippen LogP contribution in [0.25, 0.3) is 0 Å². The molecule has 2 aromatic rings. The Balaban J connectivity index is 0.00000341. The fourth-order valence-corrected chi connectivity index (χ4v) is 4.35. The number of hydrogen-bond donors (Lipinski definition) is 2. The average molecular weight is 561 g/mol. The molecule has 0 atom stereocenters. The molecule has 0 aliphatic carbocycles. The Morgan fingerprint density at radius 2 is 1.90 bits per heavy atom. The van der Waals surface area contributed by atoms with Crippen LogP contribution in [0.3, 0.4) is 0 Å². The van der Waals surface area contributed by atoms with E-state index in [1.54, 1.807) is 24.5 Å². The summed E-state index contributed by atoms with van der Waals surface area (Å²) in [5.41, 5.74) is 2.70. The van der Waals surface area contributed by atoms with Crippen molar-refractivity contribution in [3.63, 3.8) is 0 Å². The molecule has 1 aliphatic heterocycles. The van der Waals surface area contributed by atoms with Gasteiger partial charge in [0.05, 0.1) is 17.9 Å². The highest BCUT2D eigenvalue weighted by Gasteiger charge is 2.18. The number of rotatable bonds is 7. The van der Waals surface area contributed by atoms with E-state index < -0.39 is 0 Å². The summed E-state index contributed by atoms with van der Waals surface area (Å²) < 4.78 is 14.7. The van der Waals surface area contributed by atoms with Crippen LogP contribution in [0.2, 0.25) is 0 Å². The fourth-order valence-electron chi connectivity index (χ4n) is 3.46. The Labute approximate surface area is 206 Å². The maximum Gasteiger partial charge on any atom is 0.191 e. The predicted molar refractivity (Wildman–Crippen MR) is 139 cm³/mol.